The van der Waals surface area contributed by atoms with Crippen molar-refractivity contribution >= 4 is 12.1 Å². The van der Waals surface area contributed by atoms with Crippen LogP contribution in [0.4, 0.5) is 0 Å². The Morgan fingerprint density at radius 3 is 2.77 bits per heavy atom. The normalized spacial score (nSPS) is 11.2. The molecule has 1 heterocycles. The number of aldehydes is 1. The van der Waals surface area contributed by atoms with Crippen LogP contribution in [0.1, 0.15) is 30.8 Å². The van der Waals surface area contributed by atoms with E-state index in [9.17, 15) is 9.59 Å². The highest BCUT2D eigenvalue weighted by atomic mass is 16.3. The summed E-state index contributed by atoms with van der Waals surface area (Å²) in [6.45, 7) is 3.46. The Bertz CT molecular complexity index is 296. The van der Waals surface area contributed by atoms with E-state index in [1.54, 1.807) is 26.0 Å². The Hall–Kier alpha value is -1.38. The molecule has 0 saturated heterocycles. The van der Waals surface area contributed by atoms with Gasteiger partial charge in [0.2, 0.25) is 5.78 Å². The Morgan fingerprint density at radius 2 is 2.31 bits per heavy atom. The van der Waals surface area contributed by atoms with Gasteiger partial charge >= 0.3 is 0 Å². The van der Waals surface area contributed by atoms with Gasteiger partial charge in [0, 0.05) is 11.8 Å². The Morgan fingerprint density at radius 1 is 1.62 bits per heavy atom. The summed E-state index contributed by atoms with van der Waals surface area (Å²) in [7, 11) is 0. The van der Waals surface area contributed by atoms with E-state index in [2.05, 4.69) is 0 Å². The molecule has 1 aromatic rings. The van der Waals surface area contributed by atoms with E-state index in [0.29, 0.717) is 5.76 Å². The number of carbonyl (C=O) groups is 2. The van der Waals surface area contributed by atoms with E-state index in [0.717, 1.165) is 6.29 Å². The minimum Gasteiger partial charge on any atom is -0.461 e. The van der Waals surface area contributed by atoms with Crippen molar-refractivity contribution in [1.29, 1.82) is 0 Å². The molecule has 0 atom stereocenters. The van der Waals surface area contributed by atoms with Gasteiger partial charge in [-0.25, -0.2) is 0 Å². The summed E-state index contributed by atoms with van der Waals surface area (Å²) in [5, 5.41) is 0. The van der Waals surface area contributed by atoms with Crippen LogP contribution in [0.5, 0.6) is 0 Å². The van der Waals surface area contributed by atoms with Crippen LogP contribution in [0.25, 0.3) is 0 Å². The van der Waals surface area contributed by atoms with Gasteiger partial charge in [0.25, 0.3) is 0 Å². The van der Waals surface area contributed by atoms with E-state index in [1.807, 2.05) is 0 Å². The van der Waals surface area contributed by atoms with Gasteiger partial charge in [-0.3, -0.25) is 4.79 Å². The Labute approximate surface area is 76.7 Å². The summed E-state index contributed by atoms with van der Waals surface area (Å²) in [5.41, 5.74) is -0.667. The Balaban J connectivity index is 2.84. The lowest BCUT2D eigenvalue weighted by Gasteiger charge is -2.17. The minimum absolute atomic E-state index is 0.135. The second-order valence-corrected chi connectivity index (χ2v) is 3.56. The quantitative estimate of drug-likeness (QED) is 0.526. The monoisotopic (exact) mass is 180 g/mol. The molecule has 3 heteroatoms. The molecule has 0 aliphatic carbocycles. The van der Waals surface area contributed by atoms with Crippen molar-refractivity contribution in [2.75, 3.05) is 0 Å². The molecule has 0 unspecified atom stereocenters. The average molecular weight is 180 g/mol. The van der Waals surface area contributed by atoms with Gasteiger partial charge in [0.05, 0.1) is 6.26 Å². The highest BCUT2D eigenvalue weighted by Gasteiger charge is 2.29. The number of carbonyl (C=O) groups excluding carboxylic acids is 2. The highest BCUT2D eigenvalue weighted by Crippen LogP contribution is 2.24. The molecule has 1 aromatic heterocycles. The SMILES string of the molecule is CC(C)(CC=O)C(=O)c1ccco1. The van der Waals surface area contributed by atoms with Crippen LogP contribution < -0.4 is 0 Å². The molecule has 0 aliphatic rings. The molecule has 3 nitrogen and oxygen atoms in total. The van der Waals surface area contributed by atoms with Gasteiger partial charge in [0.15, 0.2) is 5.76 Å². The minimum atomic E-state index is -0.667. The fourth-order valence-electron chi connectivity index (χ4n) is 1.04. The Kier molecular flexibility index (Phi) is 2.66. The third kappa shape index (κ3) is 2.05. The molecule has 0 N–H and O–H groups in total. The van der Waals surface area contributed by atoms with Gasteiger partial charge in [0.1, 0.15) is 6.29 Å². The number of ketones is 1. The van der Waals surface area contributed by atoms with Crippen molar-refractivity contribution in [3.05, 3.63) is 24.2 Å². The molecule has 13 heavy (non-hydrogen) atoms. The summed E-state index contributed by atoms with van der Waals surface area (Å²) >= 11 is 0. The maximum absolute atomic E-state index is 11.7. The summed E-state index contributed by atoms with van der Waals surface area (Å²) in [5.74, 6) is 0.177. The lowest BCUT2D eigenvalue weighted by atomic mass is 9.84. The van der Waals surface area contributed by atoms with Crippen LogP contribution in [0.15, 0.2) is 22.8 Å². The van der Waals surface area contributed by atoms with Gasteiger partial charge in [-0.05, 0) is 12.1 Å². The van der Waals surface area contributed by atoms with Crippen molar-refractivity contribution in [3.63, 3.8) is 0 Å². The van der Waals surface area contributed by atoms with Crippen molar-refractivity contribution < 1.29 is 14.0 Å². The third-order valence-corrected chi connectivity index (χ3v) is 1.95. The van der Waals surface area contributed by atoms with Crippen molar-refractivity contribution in [3.8, 4) is 0 Å². The maximum atomic E-state index is 11.7. The average Bonchev–Trinajstić information content (AvgIpc) is 2.54. The predicted octanol–water partition coefficient (Wildman–Crippen LogP) is 2.08. The molecule has 0 bridgehead atoms. The summed E-state index contributed by atoms with van der Waals surface area (Å²) in [6, 6.07) is 3.26. The molecule has 0 aliphatic heterocycles. The number of hydrogen-bond acceptors (Lipinski definition) is 3. The number of furan rings is 1. The highest BCUT2D eigenvalue weighted by molar-refractivity contribution is 5.98. The topological polar surface area (TPSA) is 47.3 Å². The summed E-state index contributed by atoms with van der Waals surface area (Å²) in [6.07, 6.45) is 2.41. The first-order valence-electron chi connectivity index (χ1n) is 4.10. The lowest BCUT2D eigenvalue weighted by molar-refractivity contribution is -0.109. The van der Waals surface area contributed by atoms with Crippen molar-refractivity contribution in [1.82, 2.24) is 0 Å². The number of hydrogen-bond donors (Lipinski definition) is 0. The lowest BCUT2D eigenvalue weighted by Crippen LogP contribution is -2.24. The zero-order valence-corrected chi connectivity index (χ0v) is 7.74. The second-order valence-electron chi connectivity index (χ2n) is 3.56. The molecule has 0 amide bonds. The number of rotatable bonds is 4. The fraction of sp³-hybridized carbons (Fsp3) is 0.400. The standard InChI is InChI=1S/C10H12O3/c1-10(2,5-6-11)9(12)8-4-3-7-13-8/h3-4,6-7H,5H2,1-2H3. The van der Waals surface area contributed by atoms with Crippen molar-refractivity contribution in [2.24, 2.45) is 5.41 Å². The third-order valence-electron chi connectivity index (χ3n) is 1.95. The first-order valence-corrected chi connectivity index (χ1v) is 4.10. The molecule has 0 fully saturated rings. The molecule has 0 saturated carbocycles. The fourth-order valence-corrected chi connectivity index (χ4v) is 1.04. The van der Waals surface area contributed by atoms with Gasteiger partial charge in [-0.2, -0.15) is 0 Å². The maximum Gasteiger partial charge on any atom is 0.203 e. The molecule has 70 valence electrons. The molecule has 1 rings (SSSR count). The van der Waals surface area contributed by atoms with Crippen LogP contribution in [0.3, 0.4) is 0 Å². The molecular formula is C10H12O3. The zero-order chi connectivity index (χ0) is 9.90. The largest absolute Gasteiger partial charge is 0.461 e. The molecule has 0 spiro atoms. The zero-order valence-electron chi connectivity index (χ0n) is 7.74. The first-order chi connectivity index (χ1) is 6.08. The van der Waals surface area contributed by atoms with E-state index in [1.165, 1.54) is 6.26 Å². The van der Waals surface area contributed by atoms with Crippen LogP contribution in [0, 0.1) is 5.41 Å². The molecular weight excluding hydrogens is 168 g/mol. The summed E-state index contributed by atoms with van der Waals surface area (Å²) in [4.78, 5) is 22.0. The van der Waals surface area contributed by atoms with Gasteiger partial charge < -0.3 is 9.21 Å². The van der Waals surface area contributed by atoms with Crippen LogP contribution in [0.2, 0.25) is 0 Å². The first kappa shape index (κ1) is 9.71. The van der Waals surface area contributed by atoms with Crippen LogP contribution in [-0.2, 0) is 4.79 Å². The van der Waals surface area contributed by atoms with Gasteiger partial charge in [-0.15, -0.1) is 0 Å². The van der Waals surface area contributed by atoms with Crippen molar-refractivity contribution in [2.45, 2.75) is 20.3 Å². The predicted molar refractivity (Wildman–Crippen MR) is 47.5 cm³/mol. The molecule has 0 radical (unpaired) electrons. The smallest absolute Gasteiger partial charge is 0.203 e. The van der Waals surface area contributed by atoms with Gasteiger partial charge in [-0.1, -0.05) is 13.8 Å². The summed E-state index contributed by atoms with van der Waals surface area (Å²) < 4.78 is 4.96. The van der Waals surface area contributed by atoms with Crippen LogP contribution >= 0.6 is 0 Å². The van der Waals surface area contributed by atoms with E-state index < -0.39 is 5.41 Å². The van der Waals surface area contributed by atoms with Crippen LogP contribution in [-0.4, -0.2) is 12.1 Å². The van der Waals surface area contributed by atoms with E-state index >= 15 is 0 Å². The van der Waals surface area contributed by atoms with E-state index in [4.69, 9.17) is 4.42 Å². The number of Topliss-reactive ketones (excluding diaryl/α,β-unsaturated/α-hetero) is 1. The molecule has 0 aromatic carbocycles. The second kappa shape index (κ2) is 3.56. The van der Waals surface area contributed by atoms with E-state index in [-0.39, 0.29) is 12.2 Å².